The Morgan fingerprint density at radius 1 is 1.03 bits per heavy atom. The summed E-state index contributed by atoms with van der Waals surface area (Å²) in [4.78, 5) is 11.1. The van der Waals surface area contributed by atoms with Crippen LogP contribution in [0, 0.1) is 6.92 Å². The van der Waals surface area contributed by atoms with Crippen molar-refractivity contribution in [3.63, 3.8) is 0 Å². The number of ether oxygens (including phenoxy) is 1. The zero-order valence-electron chi connectivity index (χ0n) is 20.0. The molecule has 0 unspecified atom stereocenters. The van der Waals surface area contributed by atoms with E-state index < -0.39 is 10.0 Å². The maximum Gasteiger partial charge on any atom is 0.267 e. The normalized spacial score (nSPS) is 14.0. The second kappa shape index (κ2) is 9.96. The predicted molar refractivity (Wildman–Crippen MR) is 138 cm³/mol. The van der Waals surface area contributed by atoms with Gasteiger partial charge in [0.2, 0.25) is 11.8 Å². The zero-order valence-corrected chi connectivity index (χ0v) is 20.9. The van der Waals surface area contributed by atoms with Crippen LogP contribution in [0.25, 0.3) is 11.3 Å². The average Bonchev–Trinajstić information content (AvgIpc) is 3.32. The summed E-state index contributed by atoms with van der Waals surface area (Å²) in [6, 6.07) is 17.2. The van der Waals surface area contributed by atoms with Crippen LogP contribution in [0.3, 0.4) is 0 Å². The van der Waals surface area contributed by atoms with E-state index in [-0.39, 0.29) is 16.7 Å². The molecule has 1 fully saturated rings. The molecule has 2 aromatic carbocycles. The van der Waals surface area contributed by atoms with Crippen LogP contribution in [0.15, 0.2) is 71.9 Å². The fourth-order valence-corrected chi connectivity index (χ4v) is 4.93. The quantitative estimate of drug-likeness (QED) is 0.394. The molecule has 186 valence electrons. The molecule has 1 aliphatic heterocycles. The van der Waals surface area contributed by atoms with Gasteiger partial charge in [-0.1, -0.05) is 24.3 Å². The number of anilines is 2. The Morgan fingerprint density at radius 3 is 2.47 bits per heavy atom. The lowest BCUT2D eigenvalue weighted by atomic mass is 10.1. The van der Waals surface area contributed by atoms with Gasteiger partial charge in [0.15, 0.2) is 0 Å². The van der Waals surface area contributed by atoms with Crippen molar-refractivity contribution in [2.75, 3.05) is 35.8 Å². The van der Waals surface area contributed by atoms with Crippen LogP contribution in [0.1, 0.15) is 5.56 Å². The summed E-state index contributed by atoms with van der Waals surface area (Å²) in [6.07, 6.45) is 2.68. The number of rotatable bonds is 7. The number of piperazine rings is 1. The molecule has 4 aromatic rings. The Hall–Kier alpha value is -3.96. The third-order valence-corrected chi connectivity index (χ3v) is 7.16. The number of nitrogens with one attached hydrogen (secondary N) is 2. The summed E-state index contributed by atoms with van der Waals surface area (Å²) in [7, 11) is -2.29. The lowest BCUT2D eigenvalue weighted by Gasteiger charge is -2.29. The summed E-state index contributed by atoms with van der Waals surface area (Å²) in [5, 5.41) is 7.29. The monoisotopic (exact) mass is 505 g/mol. The summed E-state index contributed by atoms with van der Waals surface area (Å²) in [6.45, 7) is 5.78. The van der Waals surface area contributed by atoms with Crippen LogP contribution in [0.5, 0.6) is 11.6 Å². The summed E-state index contributed by atoms with van der Waals surface area (Å²) < 4.78 is 35.7. The number of hydrogen-bond acceptors (Lipinski definition) is 8. The standard InChI is InChI=1S/C25H27N7O3S/c1-18-5-3-4-6-22(18)23-15-24(29-25(28-23)30-36(33,34)21-16-27-31(2)17-21)35-20-9-7-19(8-10-20)32-13-11-26-12-14-32/h3-10,15-17,26H,11-14H2,1-2H3,(H,28,29,30). The predicted octanol–water partition coefficient (Wildman–Crippen LogP) is 3.19. The van der Waals surface area contributed by atoms with Crippen molar-refractivity contribution in [2.24, 2.45) is 7.05 Å². The van der Waals surface area contributed by atoms with Crippen LogP contribution in [-0.4, -0.2) is 54.3 Å². The molecule has 5 rings (SSSR count). The SMILES string of the molecule is Cc1ccccc1-c1cc(Oc2ccc(N3CCNCC3)cc2)nc(NS(=O)(=O)c2cnn(C)c2)n1. The lowest BCUT2D eigenvalue weighted by molar-refractivity contribution is 0.463. The van der Waals surface area contributed by atoms with Crippen LogP contribution in [0.4, 0.5) is 11.6 Å². The van der Waals surface area contributed by atoms with E-state index in [1.807, 2.05) is 55.5 Å². The first-order chi connectivity index (χ1) is 17.4. The molecule has 1 saturated heterocycles. The van der Waals surface area contributed by atoms with E-state index in [2.05, 4.69) is 30.0 Å². The Morgan fingerprint density at radius 2 is 1.78 bits per heavy atom. The molecule has 0 amide bonds. The summed E-state index contributed by atoms with van der Waals surface area (Å²) in [5.74, 6) is 0.721. The Labute approximate surface area is 210 Å². The molecule has 0 aliphatic carbocycles. The van der Waals surface area contributed by atoms with Gasteiger partial charge in [0, 0.05) is 56.7 Å². The molecule has 0 saturated carbocycles. The van der Waals surface area contributed by atoms with E-state index in [4.69, 9.17) is 4.74 Å². The lowest BCUT2D eigenvalue weighted by Crippen LogP contribution is -2.43. The van der Waals surface area contributed by atoms with Gasteiger partial charge in [-0.25, -0.2) is 18.1 Å². The summed E-state index contributed by atoms with van der Waals surface area (Å²) >= 11 is 0. The number of hydrogen-bond donors (Lipinski definition) is 2. The molecule has 36 heavy (non-hydrogen) atoms. The average molecular weight is 506 g/mol. The van der Waals surface area contributed by atoms with Crippen molar-refractivity contribution in [1.82, 2.24) is 25.1 Å². The van der Waals surface area contributed by atoms with Gasteiger partial charge in [0.05, 0.1) is 11.9 Å². The van der Waals surface area contributed by atoms with Crippen LogP contribution >= 0.6 is 0 Å². The van der Waals surface area contributed by atoms with Gasteiger partial charge in [-0.15, -0.1) is 0 Å². The first-order valence-electron chi connectivity index (χ1n) is 11.6. The van der Waals surface area contributed by atoms with Gasteiger partial charge in [-0.2, -0.15) is 10.1 Å². The van der Waals surface area contributed by atoms with Crippen molar-refractivity contribution < 1.29 is 13.2 Å². The molecule has 10 nitrogen and oxygen atoms in total. The van der Waals surface area contributed by atoms with Gasteiger partial charge in [0.25, 0.3) is 10.0 Å². The van der Waals surface area contributed by atoms with E-state index in [9.17, 15) is 8.42 Å². The van der Waals surface area contributed by atoms with Crippen LogP contribution < -0.4 is 19.7 Å². The van der Waals surface area contributed by atoms with Crippen LogP contribution in [-0.2, 0) is 17.1 Å². The zero-order chi connectivity index (χ0) is 25.1. The summed E-state index contributed by atoms with van der Waals surface area (Å²) in [5.41, 5.74) is 3.50. The molecule has 3 heterocycles. The third-order valence-electron chi connectivity index (χ3n) is 5.88. The number of sulfonamides is 1. The van der Waals surface area contributed by atoms with Gasteiger partial charge in [0.1, 0.15) is 10.6 Å². The Bertz CT molecular complexity index is 1460. The maximum atomic E-state index is 12.9. The molecule has 11 heteroatoms. The van der Waals surface area contributed by atoms with Gasteiger partial charge >= 0.3 is 0 Å². The van der Waals surface area contributed by atoms with Crippen molar-refractivity contribution >= 4 is 21.7 Å². The number of nitrogens with zero attached hydrogens (tertiary/aromatic N) is 5. The maximum absolute atomic E-state index is 12.9. The van der Waals surface area contributed by atoms with Crippen LogP contribution in [0.2, 0.25) is 0 Å². The van der Waals surface area contributed by atoms with Crippen molar-refractivity contribution in [3.8, 4) is 22.9 Å². The van der Waals surface area contributed by atoms with Gasteiger partial charge in [-0.3, -0.25) is 4.68 Å². The highest BCUT2D eigenvalue weighted by atomic mass is 32.2. The van der Waals surface area contributed by atoms with Crippen molar-refractivity contribution in [3.05, 3.63) is 72.6 Å². The van der Waals surface area contributed by atoms with Gasteiger partial charge in [-0.05, 0) is 36.8 Å². The second-order valence-corrected chi connectivity index (χ2v) is 10.2. The Kier molecular flexibility index (Phi) is 6.57. The fourth-order valence-electron chi connectivity index (χ4n) is 4.01. The molecule has 0 radical (unpaired) electrons. The minimum absolute atomic E-state index is 0.0147. The van der Waals surface area contributed by atoms with E-state index in [1.54, 1.807) is 13.1 Å². The third kappa shape index (κ3) is 5.31. The van der Waals surface area contributed by atoms with Crippen molar-refractivity contribution in [2.45, 2.75) is 11.8 Å². The molecular weight excluding hydrogens is 478 g/mol. The molecule has 1 aliphatic rings. The first-order valence-corrected chi connectivity index (χ1v) is 13.1. The highest BCUT2D eigenvalue weighted by Gasteiger charge is 2.20. The highest BCUT2D eigenvalue weighted by molar-refractivity contribution is 7.92. The molecule has 0 spiro atoms. The molecule has 2 N–H and O–H groups in total. The largest absolute Gasteiger partial charge is 0.439 e. The van der Waals surface area contributed by atoms with Crippen molar-refractivity contribution in [1.29, 1.82) is 0 Å². The minimum atomic E-state index is -3.93. The molecule has 0 atom stereocenters. The topological polar surface area (TPSA) is 114 Å². The Balaban J connectivity index is 1.46. The second-order valence-electron chi connectivity index (χ2n) is 8.52. The number of benzene rings is 2. The first kappa shape index (κ1) is 23.8. The fraction of sp³-hybridized carbons (Fsp3) is 0.240. The van der Waals surface area contributed by atoms with Gasteiger partial charge < -0.3 is 15.0 Å². The number of aromatic nitrogens is 4. The highest BCUT2D eigenvalue weighted by Crippen LogP contribution is 2.29. The molecule has 2 aromatic heterocycles. The minimum Gasteiger partial charge on any atom is -0.439 e. The van der Waals surface area contributed by atoms with E-state index in [1.165, 1.54) is 17.1 Å². The van der Waals surface area contributed by atoms with E-state index >= 15 is 0 Å². The smallest absolute Gasteiger partial charge is 0.267 e. The van der Waals surface area contributed by atoms with E-state index in [0.717, 1.165) is 43.0 Å². The van der Waals surface area contributed by atoms with E-state index in [0.29, 0.717) is 11.4 Å². The molecule has 0 bridgehead atoms. The number of aryl methyl sites for hydroxylation is 2. The molecular formula is C25H27N7O3S.